The number of nitrogens with one attached hydrogen (secondary N) is 1. The number of benzene rings is 3. The van der Waals surface area contributed by atoms with Crippen LogP contribution in [0, 0.1) is 0 Å². The predicted octanol–water partition coefficient (Wildman–Crippen LogP) is 3.76. The number of rotatable bonds is 8. The summed E-state index contributed by atoms with van der Waals surface area (Å²) in [5, 5.41) is 8.68. The molecule has 3 rings (SSSR count). The molecular formula is C22H24N2O3S. The van der Waals surface area contributed by atoms with E-state index in [9.17, 15) is 8.42 Å². The van der Waals surface area contributed by atoms with Crippen molar-refractivity contribution in [3.63, 3.8) is 0 Å². The lowest BCUT2D eigenvalue weighted by Gasteiger charge is -2.19. The molecule has 0 spiro atoms. The molecule has 0 saturated carbocycles. The van der Waals surface area contributed by atoms with Crippen LogP contribution in [0.3, 0.4) is 0 Å². The second-order valence-corrected chi connectivity index (χ2v) is 8.10. The Labute approximate surface area is 166 Å². The first-order valence-electron chi connectivity index (χ1n) is 9.05. The molecule has 0 aliphatic rings. The van der Waals surface area contributed by atoms with Gasteiger partial charge < -0.3 is 10.1 Å². The standard InChI is InChI=1S/C22H24N2O3S/c1-17(24-15-19-11-5-8-14-22(19)28(23,25)26)20-12-6-7-13-21(20)27-16-18-9-3-2-4-10-18/h2-14,17,24H,15-16H2,1H3,(H2,23,25,26)/t17-/m1/s1. The van der Waals surface area contributed by atoms with Gasteiger partial charge in [-0.05, 0) is 30.2 Å². The summed E-state index contributed by atoms with van der Waals surface area (Å²) >= 11 is 0. The lowest BCUT2D eigenvalue weighted by atomic mass is 10.1. The largest absolute Gasteiger partial charge is 0.489 e. The maximum absolute atomic E-state index is 11.8. The monoisotopic (exact) mass is 396 g/mol. The van der Waals surface area contributed by atoms with E-state index in [0.717, 1.165) is 16.9 Å². The number of para-hydroxylation sites is 1. The molecule has 0 radical (unpaired) electrons. The van der Waals surface area contributed by atoms with Crippen LogP contribution >= 0.6 is 0 Å². The number of primary sulfonamides is 1. The number of sulfonamides is 1. The van der Waals surface area contributed by atoms with Gasteiger partial charge in [0.2, 0.25) is 10.0 Å². The molecule has 3 N–H and O–H groups in total. The normalized spacial score (nSPS) is 12.5. The molecule has 146 valence electrons. The van der Waals surface area contributed by atoms with Gasteiger partial charge in [-0.15, -0.1) is 0 Å². The third-order valence-corrected chi connectivity index (χ3v) is 5.51. The van der Waals surface area contributed by atoms with Crippen molar-refractivity contribution in [2.45, 2.75) is 31.0 Å². The first-order valence-corrected chi connectivity index (χ1v) is 10.6. The highest BCUT2D eigenvalue weighted by Crippen LogP contribution is 2.26. The maximum atomic E-state index is 11.8. The topological polar surface area (TPSA) is 81.4 Å². The molecule has 0 aromatic heterocycles. The molecule has 3 aromatic rings. The molecule has 6 heteroatoms. The van der Waals surface area contributed by atoms with Crippen molar-refractivity contribution in [1.82, 2.24) is 5.32 Å². The van der Waals surface area contributed by atoms with Crippen LogP contribution in [-0.2, 0) is 23.2 Å². The molecular weight excluding hydrogens is 372 g/mol. The van der Waals surface area contributed by atoms with Crippen molar-refractivity contribution in [2.24, 2.45) is 5.14 Å². The van der Waals surface area contributed by atoms with Crippen molar-refractivity contribution in [3.05, 3.63) is 95.6 Å². The van der Waals surface area contributed by atoms with E-state index in [1.54, 1.807) is 18.2 Å². The van der Waals surface area contributed by atoms with Gasteiger partial charge in [-0.3, -0.25) is 0 Å². The third kappa shape index (κ3) is 5.19. The lowest BCUT2D eigenvalue weighted by molar-refractivity contribution is 0.299. The summed E-state index contributed by atoms with van der Waals surface area (Å²) in [5.41, 5.74) is 2.74. The summed E-state index contributed by atoms with van der Waals surface area (Å²) in [6.45, 7) is 2.88. The quantitative estimate of drug-likeness (QED) is 0.607. The van der Waals surface area contributed by atoms with Crippen LogP contribution in [0.5, 0.6) is 5.75 Å². The van der Waals surface area contributed by atoms with Gasteiger partial charge >= 0.3 is 0 Å². The van der Waals surface area contributed by atoms with Gasteiger partial charge in [-0.1, -0.05) is 66.7 Å². The van der Waals surface area contributed by atoms with Gasteiger partial charge in [-0.25, -0.2) is 13.6 Å². The van der Waals surface area contributed by atoms with Crippen LogP contribution in [0.4, 0.5) is 0 Å². The van der Waals surface area contributed by atoms with Gasteiger partial charge in [-0.2, -0.15) is 0 Å². The molecule has 5 nitrogen and oxygen atoms in total. The summed E-state index contributed by atoms with van der Waals surface area (Å²) < 4.78 is 29.6. The van der Waals surface area contributed by atoms with E-state index in [2.05, 4.69) is 5.32 Å². The Bertz CT molecular complexity index is 1020. The fourth-order valence-electron chi connectivity index (χ4n) is 3.01. The lowest BCUT2D eigenvalue weighted by Crippen LogP contribution is -2.22. The Morgan fingerprint density at radius 2 is 1.57 bits per heavy atom. The predicted molar refractivity (Wildman–Crippen MR) is 110 cm³/mol. The highest BCUT2D eigenvalue weighted by Gasteiger charge is 2.15. The zero-order valence-electron chi connectivity index (χ0n) is 15.7. The maximum Gasteiger partial charge on any atom is 0.238 e. The van der Waals surface area contributed by atoms with Crippen molar-refractivity contribution >= 4 is 10.0 Å². The van der Waals surface area contributed by atoms with Gasteiger partial charge in [0, 0.05) is 18.2 Å². The molecule has 0 bridgehead atoms. The Kier molecular flexibility index (Phi) is 6.46. The minimum Gasteiger partial charge on any atom is -0.489 e. The molecule has 0 aliphatic carbocycles. The van der Waals surface area contributed by atoms with Gasteiger partial charge in [0.05, 0.1) is 4.90 Å². The van der Waals surface area contributed by atoms with Crippen LogP contribution < -0.4 is 15.2 Å². The molecule has 0 heterocycles. The molecule has 0 amide bonds. The van der Waals surface area contributed by atoms with Crippen molar-refractivity contribution in [3.8, 4) is 5.75 Å². The van der Waals surface area contributed by atoms with Crippen LogP contribution in [0.25, 0.3) is 0 Å². The molecule has 0 aliphatic heterocycles. The Morgan fingerprint density at radius 1 is 0.929 bits per heavy atom. The average Bonchev–Trinajstić information content (AvgIpc) is 2.71. The minimum atomic E-state index is -3.76. The van der Waals surface area contributed by atoms with Crippen molar-refractivity contribution < 1.29 is 13.2 Å². The SMILES string of the molecule is C[C@@H](NCc1ccccc1S(N)(=O)=O)c1ccccc1OCc1ccccc1. The highest BCUT2D eigenvalue weighted by molar-refractivity contribution is 7.89. The Balaban J connectivity index is 1.71. The molecule has 0 unspecified atom stereocenters. The molecule has 28 heavy (non-hydrogen) atoms. The number of nitrogens with two attached hydrogens (primary N) is 1. The minimum absolute atomic E-state index is 0.0412. The van der Waals surface area contributed by atoms with Crippen molar-refractivity contribution in [1.29, 1.82) is 0 Å². The fourth-order valence-corrected chi connectivity index (χ4v) is 3.78. The second kappa shape index (κ2) is 9.01. The Morgan fingerprint density at radius 3 is 2.32 bits per heavy atom. The molecule has 0 saturated heterocycles. The van der Waals surface area contributed by atoms with Crippen LogP contribution in [0.2, 0.25) is 0 Å². The highest BCUT2D eigenvalue weighted by atomic mass is 32.2. The van der Waals surface area contributed by atoms with E-state index in [-0.39, 0.29) is 10.9 Å². The van der Waals surface area contributed by atoms with E-state index in [1.165, 1.54) is 6.07 Å². The molecule has 1 atom stereocenters. The van der Waals surface area contributed by atoms with Crippen molar-refractivity contribution in [2.75, 3.05) is 0 Å². The van der Waals surface area contributed by atoms with Gasteiger partial charge in [0.1, 0.15) is 12.4 Å². The molecule has 3 aromatic carbocycles. The summed E-state index contributed by atoms with van der Waals surface area (Å²) in [7, 11) is -3.76. The second-order valence-electron chi connectivity index (χ2n) is 6.57. The Hall–Kier alpha value is -2.67. The number of hydrogen-bond acceptors (Lipinski definition) is 4. The summed E-state index contributed by atoms with van der Waals surface area (Å²) in [5.74, 6) is 0.797. The van der Waals surface area contributed by atoms with E-state index in [1.807, 2.05) is 61.5 Å². The first kappa shape index (κ1) is 20.1. The van der Waals surface area contributed by atoms with E-state index in [4.69, 9.17) is 9.88 Å². The number of hydrogen-bond donors (Lipinski definition) is 2. The smallest absolute Gasteiger partial charge is 0.238 e. The van der Waals surface area contributed by atoms with E-state index in [0.29, 0.717) is 18.7 Å². The van der Waals surface area contributed by atoms with Crippen LogP contribution in [0.1, 0.15) is 29.7 Å². The van der Waals surface area contributed by atoms with E-state index < -0.39 is 10.0 Å². The average molecular weight is 397 g/mol. The fraction of sp³-hybridized carbons (Fsp3) is 0.182. The first-order chi connectivity index (χ1) is 13.4. The zero-order chi connectivity index (χ0) is 20.0. The van der Waals surface area contributed by atoms with Gasteiger partial charge in [0.25, 0.3) is 0 Å². The van der Waals surface area contributed by atoms with Gasteiger partial charge in [0.15, 0.2) is 0 Å². The zero-order valence-corrected chi connectivity index (χ0v) is 16.5. The third-order valence-electron chi connectivity index (χ3n) is 4.50. The molecule has 0 fully saturated rings. The summed E-state index contributed by atoms with van der Waals surface area (Å²) in [4.78, 5) is 0.142. The van der Waals surface area contributed by atoms with Crippen LogP contribution in [0.15, 0.2) is 83.8 Å². The van der Waals surface area contributed by atoms with Crippen LogP contribution in [-0.4, -0.2) is 8.42 Å². The number of ether oxygens (including phenoxy) is 1. The summed E-state index contributed by atoms with van der Waals surface area (Å²) in [6.07, 6.45) is 0. The summed E-state index contributed by atoms with van der Waals surface area (Å²) in [6, 6.07) is 24.5. The van der Waals surface area contributed by atoms with E-state index >= 15 is 0 Å².